The fourth-order valence-electron chi connectivity index (χ4n) is 1.49. The molecule has 18 heavy (non-hydrogen) atoms. The summed E-state index contributed by atoms with van der Waals surface area (Å²) in [5.74, 6) is 1.72. The van der Waals surface area contributed by atoms with Crippen molar-refractivity contribution in [2.45, 2.75) is 26.3 Å². The van der Waals surface area contributed by atoms with E-state index in [0.29, 0.717) is 18.3 Å². The molecule has 1 heterocycles. The first-order valence-electron chi connectivity index (χ1n) is 5.87. The zero-order valence-electron chi connectivity index (χ0n) is 10.8. The van der Waals surface area contributed by atoms with Crippen LogP contribution in [0.4, 0.5) is 0 Å². The van der Waals surface area contributed by atoms with Crippen LogP contribution in [0.1, 0.15) is 26.7 Å². The molecule has 2 N–H and O–H groups in total. The quantitative estimate of drug-likeness (QED) is 0.897. The molecule has 0 amide bonds. The molecule has 0 radical (unpaired) electrons. The van der Waals surface area contributed by atoms with Gasteiger partial charge in [0.1, 0.15) is 5.75 Å². The molecular weight excluding hydrogens is 230 g/mol. The molecule has 0 aliphatic rings. The van der Waals surface area contributed by atoms with Crippen LogP contribution in [0, 0.1) is 0 Å². The topological polar surface area (TPSA) is 74.2 Å². The molecule has 1 aromatic carbocycles. The van der Waals surface area contributed by atoms with Gasteiger partial charge in [0, 0.05) is 5.56 Å². The van der Waals surface area contributed by atoms with Crippen LogP contribution in [-0.4, -0.2) is 16.7 Å². The monoisotopic (exact) mass is 247 g/mol. The van der Waals surface area contributed by atoms with Crippen molar-refractivity contribution >= 4 is 0 Å². The highest BCUT2D eigenvalue weighted by Crippen LogP contribution is 2.23. The molecule has 0 fully saturated rings. The summed E-state index contributed by atoms with van der Waals surface area (Å²) in [4.78, 5) is 4.29. The van der Waals surface area contributed by atoms with Crippen molar-refractivity contribution in [2.24, 2.45) is 5.73 Å². The second-order valence-corrected chi connectivity index (χ2v) is 4.61. The van der Waals surface area contributed by atoms with Crippen molar-refractivity contribution in [2.75, 3.05) is 6.61 Å². The Kier molecular flexibility index (Phi) is 3.34. The number of benzene rings is 1. The summed E-state index contributed by atoms with van der Waals surface area (Å²) in [7, 11) is 0. The molecule has 96 valence electrons. The van der Waals surface area contributed by atoms with E-state index in [9.17, 15) is 0 Å². The first-order chi connectivity index (χ1) is 8.50. The van der Waals surface area contributed by atoms with Crippen molar-refractivity contribution < 1.29 is 9.26 Å². The van der Waals surface area contributed by atoms with Crippen LogP contribution in [0.25, 0.3) is 11.4 Å². The van der Waals surface area contributed by atoms with E-state index in [2.05, 4.69) is 10.1 Å². The van der Waals surface area contributed by atoms with E-state index in [4.69, 9.17) is 15.0 Å². The van der Waals surface area contributed by atoms with Crippen molar-refractivity contribution in [1.29, 1.82) is 0 Å². The number of nitrogens with two attached hydrogens (primary N) is 1. The van der Waals surface area contributed by atoms with Gasteiger partial charge in [0.2, 0.25) is 11.7 Å². The lowest BCUT2D eigenvalue weighted by atomic mass is 10.1. The van der Waals surface area contributed by atoms with Crippen molar-refractivity contribution in [3.05, 3.63) is 30.2 Å². The van der Waals surface area contributed by atoms with Crippen LogP contribution in [-0.2, 0) is 5.54 Å². The Labute approximate surface area is 106 Å². The normalized spacial score (nSPS) is 11.6. The van der Waals surface area contributed by atoms with Crippen LogP contribution in [0.5, 0.6) is 5.75 Å². The zero-order chi connectivity index (χ0) is 13.2. The maximum absolute atomic E-state index is 5.90. The standard InChI is InChI=1S/C13H17N3O2/c1-4-17-10-7-5-6-9(8-10)11-15-12(18-16-11)13(2,3)14/h5-8H,4,14H2,1-3H3. The molecule has 0 saturated heterocycles. The first kappa shape index (κ1) is 12.6. The summed E-state index contributed by atoms with van der Waals surface area (Å²) < 4.78 is 10.6. The maximum atomic E-state index is 5.90. The average Bonchev–Trinajstić information content (AvgIpc) is 2.78. The molecule has 5 heteroatoms. The van der Waals surface area contributed by atoms with Gasteiger partial charge in [0.25, 0.3) is 0 Å². The summed E-state index contributed by atoms with van der Waals surface area (Å²) in [6.07, 6.45) is 0. The summed E-state index contributed by atoms with van der Waals surface area (Å²) in [6, 6.07) is 7.56. The van der Waals surface area contributed by atoms with Crippen LogP contribution < -0.4 is 10.5 Å². The average molecular weight is 247 g/mol. The van der Waals surface area contributed by atoms with E-state index >= 15 is 0 Å². The Morgan fingerprint density at radius 1 is 1.39 bits per heavy atom. The van der Waals surface area contributed by atoms with Crippen LogP contribution in [0.3, 0.4) is 0 Å². The molecule has 0 aliphatic carbocycles. The highest BCUT2D eigenvalue weighted by molar-refractivity contribution is 5.56. The van der Waals surface area contributed by atoms with Gasteiger partial charge >= 0.3 is 0 Å². The number of rotatable bonds is 4. The van der Waals surface area contributed by atoms with E-state index in [0.717, 1.165) is 11.3 Å². The van der Waals surface area contributed by atoms with Gasteiger partial charge in [-0.25, -0.2) is 0 Å². The summed E-state index contributed by atoms with van der Waals surface area (Å²) in [5, 5.41) is 3.93. The van der Waals surface area contributed by atoms with E-state index in [-0.39, 0.29) is 0 Å². The van der Waals surface area contributed by atoms with Gasteiger partial charge in [-0.1, -0.05) is 17.3 Å². The predicted octanol–water partition coefficient (Wildman–Crippen LogP) is 2.33. The Hall–Kier alpha value is -1.88. The number of aromatic nitrogens is 2. The third-order valence-electron chi connectivity index (χ3n) is 2.38. The van der Waals surface area contributed by atoms with Gasteiger partial charge in [-0.05, 0) is 32.9 Å². The summed E-state index contributed by atoms with van der Waals surface area (Å²) >= 11 is 0. The van der Waals surface area contributed by atoms with E-state index in [1.54, 1.807) is 0 Å². The summed E-state index contributed by atoms with van der Waals surface area (Å²) in [5.41, 5.74) is 6.12. The lowest BCUT2D eigenvalue weighted by molar-refractivity contribution is 0.312. The predicted molar refractivity (Wildman–Crippen MR) is 68.1 cm³/mol. The Balaban J connectivity index is 2.31. The number of hydrogen-bond acceptors (Lipinski definition) is 5. The molecule has 0 atom stereocenters. The van der Waals surface area contributed by atoms with Crippen LogP contribution in [0.15, 0.2) is 28.8 Å². The molecular formula is C13H17N3O2. The zero-order valence-corrected chi connectivity index (χ0v) is 10.8. The largest absolute Gasteiger partial charge is 0.494 e. The molecule has 0 aliphatic heterocycles. The lowest BCUT2D eigenvalue weighted by Gasteiger charge is -2.10. The summed E-state index contributed by atoms with van der Waals surface area (Å²) in [6.45, 7) is 6.20. The molecule has 0 bridgehead atoms. The minimum atomic E-state index is -0.636. The van der Waals surface area contributed by atoms with Crippen molar-refractivity contribution in [3.8, 4) is 17.1 Å². The van der Waals surface area contributed by atoms with Crippen LogP contribution >= 0.6 is 0 Å². The SMILES string of the molecule is CCOc1cccc(-c2noc(C(C)(C)N)n2)c1. The lowest BCUT2D eigenvalue weighted by Crippen LogP contribution is -2.28. The molecule has 1 aromatic heterocycles. The molecule has 2 aromatic rings. The van der Waals surface area contributed by atoms with Gasteiger partial charge in [-0.15, -0.1) is 0 Å². The highest BCUT2D eigenvalue weighted by atomic mass is 16.5. The fraction of sp³-hybridized carbons (Fsp3) is 0.385. The Bertz CT molecular complexity index is 529. The maximum Gasteiger partial charge on any atom is 0.246 e. The second-order valence-electron chi connectivity index (χ2n) is 4.61. The Morgan fingerprint density at radius 2 is 2.17 bits per heavy atom. The van der Waals surface area contributed by atoms with Crippen LogP contribution in [0.2, 0.25) is 0 Å². The Morgan fingerprint density at radius 3 is 2.78 bits per heavy atom. The van der Waals surface area contributed by atoms with E-state index < -0.39 is 5.54 Å². The fourth-order valence-corrected chi connectivity index (χ4v) is 1.49. The van der Waals surface area contributed by atoms with Crippen molar-refractivity contribution in [1.82, 2.24) is 10.1 Å². The van der Waals surface area contributed by atoms with Gasteiger partial charge < -0.3 is 15.0 Å². The minimum absolute atomic E-state index is 0.416. The number of nitrogens with zero attached hydrogens (tertiary/aromatic N) is 2. The minimum Gasteiger partial charge on any atom is -0.494 e. The molecule has 0 saturated carbocycles. The molecule has 2 rings (SSSR count). The van der Waals surface area contributed by atoms with Gasteiger partial charge in [-0.3, -0.25) is 0 Å². The van der Waals surface area contributed by atoms with E-state index in [1.165, 1.54) is 0 Å². The first-order valence-corrected chi connectivity index (χ1v) is 5.87. The van der Waals surface area contributed by atoms with Gasteiger partial charge in [-0.2, -0.15) is 4.98 Å². The second kappa shape index (κ2) is 4.78. The van der Waals surface area contributed by atoms with Crippen molar-refractivity contribution in [3.63, 3.8) is 0 Å². The van der Waals surface area contributed by atoms with E-state index in [1.807, 2.05) is 45.0 Å². The van der Waals surface area contributed by atoms with Gasteiger partial charge in [0.15, 0.2) is 0 Å². The smallest absolute Gasteiger partial charge is 0.246 e. The number of hydrogen-bond donors (Lipinski definition) is 1. The molecule has 0 unspecified atom stereocenters. The third-order valence-corrected chi connectivity index (χ3v) is 2.38. The molecule has 0 spiro atoms. The van der Waals surface area contributed by atoms with Gasteiger partial charge in [0.05, 0.1) is 12.1 Å². The number of ether oxygens (including phenoxy) is 1. The third kappa shape index (κ3) is 2.68. The molecule has 5 nitrogen and oxygen atoms in total. The highest BCUT2D eigenvalue weighted by Gasteiger charge is 2.22.